The molecule has 1 aromatic carbocycles. The van der Waals surface area contributed by atoms with Crippen molar-refractivity contribution in [1.29, 1.82) is 0 Å². The smallest absolute Gasteiger partial charge is 0.221 e. The minimum Gasteiger partial charge on any atom is -0.395 e. The number of aliphatic hydroxyl groups excluding tert-OH is 1. The van der Waals surface area contributed by atoms with Crippen LogP contribution < -0.4 is 4.72 Å². The van der Waals surface area contributed by atoms with E-state index in [1.54, 1.807) is 0 Å². The lowest BCUT2D eigenvalue weighted by atomic mass is 10.1. The molecule has 1 aromatic rings. The number of benzene rings is 1. The maximum atomic E-state index is 11.3. The lowest BCUT2D eigenvalue weighted by molar-refractivity contribution is 0.256. The molecule has 0 unspecified atom stereocenters. The molecule has 0 spiro atoms. The molecule has 0 saturated carbocycles. The van der Waals surface area contributed by atoms with Gasteiger partial charge < -0.3 is 5.11 Å². The molecular formula is C10H14BrNO3S. The van der Waals surface area contributed by atoms with Crippen molar-refractivity contribution in [3.63, 3.8) is 0 Å². The highest BCUT2D eigenvalue weighted by atomic mass is 79.9. The second kappa shape index (κ2) is 6.34. The summed E-state index contributed by atoms with van der Waals surface area (Å²) in [6, 6.07) is 8.95. The van der Waals surface area contributed by atoms with E-state index in [0.717, 1.165) is 5.56 Å². The quantitative estimate of drug-likeness (QED) is 0.766. The van der Waals surface area contributed by atoms with Crippen molar-refractivity contribution in [2.75, 3.05) is 11.3 Å². The van der Waals surface area contributed by atoms with Crippen molar-refractivity contribution in [2.24, 2.45) is 0 Å². The first kappa shape index (κ1) is 13.6. The Morgan fingerprint density at radius 3 is 2.44 bits per heavy atom. The number of sulfonamides is 1. The highest BCUT2D eigenvalue weighted by molar-refractivity contribution is 9.10. The van der Waals surface area contributed by atoms with Crippen LogP contribution in [0.4, 0.5) is 0 Å². The van der Waals surface area contributed by atoms with Crippen LogP contribution in [-0.2, 0) is 16.4 Å². The van der Waals surface area contributed by atoms with Gasteiger partial charge in [0.2, 0.25) is 10.0 Å². The third-order valence-electron chi connectivity index (χ3n) is 2.04. The van der Waals surface area contributed by atoms with E-state index in [4.69, 9.17) is 5.11 Å². The van der Waals surface area contributed by atoms with Gasteiger partial charge >= 0.3 is 0 Å². The van der Waals surface area contributed by atoms with Gasteiger partial charge in [0.05, 0.1) is 6.61 Å². The van der Waals surface area contributed by atoms with Crippen LogP contribution in [0.1, 0.15) is 5.56 Å². The molecule has 0 radical (unpaired) electrons. The number of rotatable bonds is 6. The minimum absolute atomic E-state index is 0.161. The maximum absolute atomic E-state index is 11.3. The Kier molecular flexibility index (Phi) is 5.40. The molecule has 0 amide bonds. The van der Waals surface area contributed by atoms with Crippen LogP contribution >= 0.6 is 15.9 Å². The van der Waals surface area contributed by atoms with E-state index in [-0.39, 0.29) is 11.3 Å². The lowest BCUT2D eigenvalue weighted by Crippen LogP contribution is -2.39. The largest absolute Gasteiger partial charge is 0.395 e. The van der Waals surface area contributed by atoms with Gasteiger partial charge in [0, 0.05) is 6.04 Å². The fraction of sp³-hybridized carbons (Fsp3) is 0.400. The fourth-order valence-electron chi connectivity index (χ4n) is 1.33. The second-order valence-electron chi connectivity index (χ2n) is 3.41. The van der Waals surface area contributed by atoms with Gasteiger partial charge in [-0.25, -0.2) is 13.1 Å². The van der Waals surface area contributed by atoms with Crippen LogP contribution in [0, 0.1) is 0 Å². The molecule has 0 saturated heterocycles. The van der Waals surface area contributed by atoms with Crippen LogP contribution in [0.25, 0.3) is 0 Å². The van der Waals surface area contributed by atoms with Gasteiger partial charge in [-0.1, -0.05) is 46.3 Å². The fourth-order valence-corrected chi connectivity index (χ4v) is 2.45. The molecule has 2 N–H and O–H groups in total. The van der Waals surface area contributed by atoms with E-state index in [0.29, 0.717) is 6.42 Å². The number of nitrogens with one attached hydrogen (secondary N) is 1. The zero-order valence-corrected chi connectivity index (χ0v) is 11.0. The Morgan fingerprint density at radius 2 is 1.94 bits per heavy atom. The molecule has 6 heteroatoms. The van der Waals surface area contributed by atoms with Crippen LogP contribution in [-0.4, -0.2) is 30.8 Å². The Hall–Kier alpha value is -0.430. The van der Waals surface area contributed by atoms with Gasteiger partial charge in [0.25, 0.3) is 0 Å². The highest BCUT2D eigenvalue weighted by Crippen LogP contribution is 2.04. The first-order valence-corrected chi connectivity index (χ1v) is 7.55. The Balaban J connectivity index is 2.63. The summed E-state index contributed by atoms with van der Waals surface area (Å²) in [6.45, 7) is -0.221. The summed E-state index contributed by atoms with van der Waals surface area (Å²) < 4.78 is 24.8. The molecule has 0 aromatic heterocycles. The Labute approximate surface area is 104 Å². The topological polar surface area (TPSA) is 66.4 Å². The van der Waals surface area contributed by atoms with Crippen molar-refractivity contribution in [3.8, 4) is 0 Å². The highest BCUT2D eigenvalue weighted by Gasteiger charge is 2.16. The normalized spacial score (nSPS) is 13.6. The van der Waals surface area contributed by atoms with Gasteiger partial charge in [0.15, 0.2) is 0 Å². The number of hydrogen-bond donors (Lipinski definition) is 2. The molecule has 0 bridgehead atoms. The monoisotopic (exact) mass is 307 g/mol. The van der Waals surface area contributed by atoms with Crippen molar-refractivity contribution >= 4 is 26.0 Å². The molecule has 1 rings (SSSR count). The number of halogens is 1. The predicted molar refractivity (Wildman–Crippen MR) is 66.9 cm³/mol. The van der Waals surface area contributed by atoms with Crippen molar-refractivity contribution < 1.29 is 13.5 Å². The van der Waals surface area contributed by atoms with E-state index >= 15 is 0 Å². The summed E-state index contributed by atoms with van der Waals surface area (Å²) in [5.41, 5.74) is 0.985. The van der Waals surface area contributed by atoms with Crippen molar-refractivity contribution in [1.82, 2.24) is 4.72 Å². The summed E-state index contributed by atoms with van der Waals surface area (Å²) >= 11 is 2.88. The van der Waals surface area contributed by atoms with E-state index in [1.807, 2.05) is 30.3 Å². The van der Waals surface area contributed by atoms with Crippen LogP contribution in [0.15, 0.2) is 30.3 Å². The molecular weight excluding hydrogens is 294 g/mol. The van der Waals surface area contributed by atoms with Crippen molar-refractivity contribution in [3.05, 3.63) is 35.9 Å². The van der Waals surface area contributed by atoms with E-state index in [1.165, 1.54) is 0 Å². The van der Waals surface area contributed by atoms with E-state index in [2.05, 4.69) is 20.7 Å². The number of hydrogen-bond acceptors (Lipinski definition) is 3. The van der Waals surface area contributed by atoms with Gasteiger partial charge in [-0.3, -0.25) is 0 Å². The first-order valence-electron chi connectivity index (χ1n) is 4.78. The molecule has 16 heavy (non-hydrogen) atoms. The zero-order valence-electron chi connectivity index (χ0n) is 8.64. The maximum Gasteiger partial charge on any atom is 0.221 e. The molecule has 0 aliphatic rings. The van der Waals surface area contributed by atoms with Gasteiger partial charge in [-0.15, -0.1) is 0 Å². The molecule has 1 atom stereocenters. The molecule has 0 heterocycles. The molecule has 0 fully saturated rings. The van der Waals surface area contributed by atoms with Gasteiger partial charge in [-0.2, -0.15) is 0 Å². The summed E-state index contributed by atoms with van der Waals surface area (Å²) in [5.74, 6) is 0. The average molecular weight is 308 g/mol. The third kappa shape index (κ3) is 4.61. The lowest BCUT2D eigenvalue weighted by Gasteiger charge is -2.15. The number of aliphatic hydroxyl groups is 1. The molecule has 0 aliphatic carbocycles. The SMILES string of the molecule is O=S(=O)(CBr)N[C@@H](CO)Cc1ccccc1. The average Bonchev–Trinajstić information content (AvgIpc) is 2.29. The Bertz CT molecular complexity index is 407. The van der Waals surface area contributed by atoms with Crippen molar-refractivity contribution in [2.45, 2.75) is 12.5 Å². The molecule has 0 aliphatic heterocycles. The van der Waals surface area contributed by atoms with Crippen LogP contribution in [0.5, 0.6) is 0 Å². The standard InChI is InChI=1S/C10H14BrNO3S/c11-8-16(14,15)12-10(7-13)6-9-4-2-1-3-5-9/h1-5,10,12-13H,6-8H2/t10-/m1/s1. The molecule has 4 nitrogen and oxygen atoms in total. The predicted octanol–water partition coefficient (Wildman–Crippen LogP) is 0.862. The van der Waals surface area contributed by atoms with Crippen LogP contribution in [0.3, 0.4) is 0 Å². The van der Waals surface area contributed by atoms with Gasteiger partial charge in [-0.05, 0) is 12.0 Å². The molecule has 90 valence electrons. The Morgan fingerprint density at radius 1 is 1.31 bits per heavy atom. The summed E-state index contributed by atoms with van der Waals surface area (Å²) in [7, 11) is -3.34. The third-order valence-corrected chi connectivity index (χ3v) is 4.82. The summed E-state index contributed by atoms with van der Waals surface area (Å²) in [6.07, 6.45) is 0.476. The summed E-state index contributed by atoms with van der Waals surface area (Å²) in [4.78, 5) is 0. The zero-order chi connectivity index (χ0) is 12.0. The minimum atomic E-state index is -3.34. The first-order chi connectivity index (χ1) is 7.57. The van der Waals surface area contributed by atoms with E-state index in [9.17, 15) is 8.42 Å². The number of alkyl halides is 1. The van der Waals surface area contributed by atoms with Gasteiger partial charge in [0.1, 0.15) is 4.66 Å². The van der Waals surface area contributed by atoms with Crippen LogP contribution in [0.2, 0.25) is 0 Å². The second-order valence-corrected chi connectivity index (χ2v) is 6.47. The summed E-state index contributed by atoms with van der Waals surface area (Å²) in [5, 5.41) is 9.10. The van der Waals surface area contributed by atoms with E-state index < -0.39 is 16.1 Å².